The molecule has 0 unspecified atom stereocenters. The fraction of sp³-hybridized carbons (Fsp3) is 0.533. The van der Waals surface area contributed by atoms with Crippen molar-refractivity contribution in [3.05, 3.63) is 24.3 Å². The number of thioether (sulfide) groups is 1. The summed E-state index contributed by atoms with van der Waals surface area (Å²) in [7, 11) is 4.11. The van der Waals surface area contributed by atoms with Crippen molar-refractivity contribution in [1.29, 1.82) is 0 Å². The van der Waals surface area contributed by atoms with Gasteiger partial charge in [0.05, 0.1) is 0 Å². The number of alkyl halides is 2. The van der Waals surface area contributed by atoms with Gasteiger partial charge < -0.3 is 15.5 Å². The van der Waals surface area contributed by atoms with Crippen LogP contribution >= 0.6 is 11.8 Å². The molecule has 1 fully saturated rings. The normalized spacial score (nSPS) is 19.8. The highest BCUT2D eigenvalue weighted by Gasteiger charge is 2.22. The van der Waals surface area contributed by atoms with Crippen molar-refractivity contribution >= 4 is 23.5 Å². The molecule has 2 N–H and O–H groups in total. The Balaban J connectivity index is 1.82. The van der Waals surface area contributed by atoms with Crippen LogP contribution in [0.25, 0.3) is 0 Å². The van der Waals surface area contributed by atoms with Gasteiger partial charge in [0.1, 0.15) is 0 Å². The van der Waals surface area contributed by atoms with E-state index in [-0.39, 0.29) is 12.1 Å². The highest BCUT2D eigenvalue weighted by atomic mass is 32.2. The average molecular weight is 344 g/mol. The largest absolute Gasteiger partial charge is 0.336 e. The van der Waals surface area contributed by atoms with Crippen molar-refractivity contribution in [2.45, 2.75) is 16.7 Å². The predicted molar refractivity (Wildman–Crippen MR) is 89.2 cm³/mol. The number of piperazine rings is 1. The van der Waals surface area contributed by atoms with E-state index in [1.165, 1.54) is 6.07 Å². The number of rotatable bonds is 5. The van der Waals surface area contributed by atoms with E-state index in [2.05, 4.69) is 27.5 Å². The molecule has 1 aromatic carbocycles. The molecule has 1 heterocycles. The quantitative estimate of drug-likeness (QED) is 0.805. The monoisotopic (exact) mass is 344 g/mol. The Hall–Kier alpha value is -1.38. The van der Waals surface area contributed by atoms with E-state index in [4.69, 9.17) is 0 Å². The summed E-state index contributed by atoms with van der Waals surface area (Å²) in [5, 5.41) is 5.52. The van der Waals surface area contributed by atoms with Crippen LogP contribution in [0.5, 0.6) is 0 Å². The first-order valence-electron chi connectivity index (χ1n) is 7.42. The number of halogens is 2. The van der Waals surface area contributed by atoms with Gasteiger partial charge >= 0.3 is 6.03 Å². The molecule has 8 heteroatoms. The van der Waals surface area contributed by atoms with E-state index >= 15 is 0 Å². The van der Waals surface area contributed by atoms with E-state index in [0.717, 1.165) is 19.6 Å². The summed E-state index contributed by atoms with van der Waals surface area (Å²) in [6, 6.07) is 6.38. The standard InChI is InChI=1S/C15H22F2N4OS/c1-20-6-7-21(2)12(10-20)9-18-15(22)19-11-4-3-5-13(8-11)23-14(16)17/h3-5,8,12,14H,6-7,9-10H2,1-2H3,(H2,18,19,22)/t12-/m0/s1. The van der Waals surface area contributed by atoms with Gasteiger partial charge in [-0.15, -0.1) is 0 Å². The minimum Gasteiger partial charge on any atom is -0.336 e. The molecule has 0 spiro atoms. The third-order valence-corrected chi connectivity index (χ3v) is 4.50. The summed E-state index contributed by atoms with van der Waals surface area (Å²) in [4.78, 5) is 16.8. The molecular weight excluding hydrogens is 322 g/mol. The number of anilines is 1. The molecule has 1 aliphatic rings. The minimum atomic E-state index is -2.47. The molecule has 2 rings (SSSR count). The van der Waals surface area contributed by atoms with Crippen molar-refractivity contribution in [1.82, 2.24) is 15.1 Å². The molecule has 1 saturated heterocycles. The third-order valence-electron chi connectivity index (χ3n) is 3.80. The van der Waals surface area contributed by atoms with Gasteiger partial charge in [-0.1, -0.05) is 17.8 Å². The summed E-state index contributed by atoms with van der Waals surface area (Å²) in [5.41, 5.74) is 0.502. The molecule has 1 aliphatic heterocycles. The van der Waals surface area contributed by atoms with Crippen LogP contribution in [0.1, 0.15) is 0 Å². The second-order valence-electron chi connectivity index (χ2n) is 5.64. The van der Waals surface area contributed by atoms with Crippen molar-refractivity contribution in [3.63, 3.8) is 0 Å². The highest BCUT2D eigenvalue weighted by Crippen LogP contribution is 2.27. The summed E-state index contributed by atoms with van der Waals surface area (Å²) < 4.78 is 24.7. The SMILES string of the molecule is CN1CCN(C)[C@@H](CNC(=O)Nc2cccc(SC(F)F)c2)C1. The minimum absolute atomic E-state index is 0.264. The molecule has 5 nitrogen and oxygen atoms in total. The number of carbonyl (C=O) groups excluding carboxylic acids is 1. The van der Waals surface area contributed by atoms with Gasteiger partial charge in [0.25, 0.3) is 5.76 Å². The number of carbonyl (C=O) groups is 1. The Morgan fingerprint density at radius 3 is 2.91 bits per heavy atom. The zero-order valence-corrected chi connectivity index (χ0v) is 14.1. The zero-order valence-electron chi connectivity index (χ0n) is 13.3. The lowest BCUT2D eigenvalue weighted by molar-refractivity contribution is 0.115. The van der Waals surface area contributed by atoms with Gasteiger partial charge in [-0.2, -0.15) is 8.78 Å². The first-order valence-corrected chi connectivity index (χ1v) is 8.30. The zero-order chi connectivity index (χ0) is 16.8. The number of hydrogen-bond acceptors (Lipinski definition) is 4. The number of nitrogens with one attached hydrogen (secondary N) is 2. The van der Waals surface area contributed by atoms with Gasteiger partial charge in [-0.25, -0.2) is 4.79 Å². The van der Waals surface area contributed by atoms with Crippen molar-refractivity contribution in [3.8, 4) is 0 Å². The first-order chi connectivity index (χ1) is 10.9. The van der Waals surface area contributed by atoms with E-state index in [0.29, 0.717) is 28.9 Å². The molecular formula is C15H22F2N4OS. The lowest BCUT2D eigenvalue weighted by atomic mass is 10.2. The summed E-state index contributed by atoms with van der Waals surface area (Å²) >= 11 is 0.459. The number of hydrogen-bond donors (Lipinski definition) is 2. The van der Waals surface area contributed by atoms with E-state index in [1.54, 1.807) is 18.2 Å². The fourth-order valence-corrected chi connectivity index (χ4v) is 3.02. The van der Waals surface area contributed by atoms with Crippen LogP contribution < -0.4 is 10.6 Å². The summed E-state index contributed by atoms with van der Waals surface area (Å²) in [5.74, 6) is -2.47. The Morgan fingerprint density at radius 1 is 1.39 bits per heavy atom. The lowest BCUT2D eigenvalue weighted by Crippen LogP contribution is -2.54. The fourth-order valence-electron chi connectivity index (χ4n) is 2.46. The Bertz CT molecular complexity index is 532. The maximum absolute atomic E-state index is 12.4. The van der Waals surface area contributed by atoms with Crippen LogP contribution in [0.3, 0.4) is 0 Å². The van der Waals surface area contributed by atoms with Gasteiger partial charge in [0.15, 0.2) is 0 Å². The van der Waals surface area contributed by atoms with Crippen molar-refractivity contribution in [2.24, 2.45) is 0 Å². The highest BCUT2D eigenvalue weighted by molar-refractivity contribution is 7.99. The van der Waals surface area contributed by atoms with Crippen LogP contribution in [0.2, 0.25) is 0 Å². The maximum atomic E-state index is 12.4. The molecule has 0 radical (unpaired) electrons. The van der Waals surface area contributed by atoms with Crippen LogP contribution in [0.15, 0.2) is 29.2 Å². The van der Waals surface area contributed by atoms with E-state index in [1.807, 2.05) is 7.05 Å². The summed E-state index contributed by atoms with van der Waals surface area (Å²) in [6.45, 7) is 3.43. The Labute approximate surface area is 139 Å². The molecule has 0 aromatic heterocycles. The van der Waals surface area contributed by atoms with Crippen LogP contribution in [-0.4, -0.2) is 67.9 Å². The smallest absolute Gasteiger partial charge is 0.319 e. The van der Waals surface area contributed by atoms with Crippen molar-refractivity contribution in [2.75, 3.05) is 45.6 Å². The molecule has 128 valence electrons. The Morgan fingerprint density at radius 2 is 2.17 bits per heavy atom. The average Bonchev–Trinajstić information content (AvgIpc) is 2.48. The van der Waals surface area contributed by atoms with E-state index in [9.17, 15) is 13.6 Å². The number of amides is 2. The third kappa shape index (κ3) is 5.96. The maximum Gasteiger partial charge on any atom is 0.319 e. The summed E-state index contributed by atoms with van der Waals surface area (Å²) in [6.07, 6.45) is 0. The lowest BCUT2D eigenvalue weighted by Gasteiger charge is -2.37. The molecule has 23 heavy (non-hydrogen) atoms. The number of nitrogens with zero attached hydrogens (tertiary/aromatic N) is 2. The van der Waals surface area contributed by atoms with Crippen LogP contribution in [-0.2, 0) is 0 Å². The molecule has 0 saturated carbocycles. The molecule has 1 aromatic rings. The second kappa shape index (κ2) is 8.47. The molecule has 2 amide bonds. The van der Waals surface area contributed by atoms with Gasteiger partial charge in [-0.05, 0) is 32.3 Å². The first kappa shape index (κ1) is 18.0. The molecule has 1 atom stereocenters. The van der Waals surface area contributed by atoms with Crippen LogP contribution in [0, 0.1) is 0 Å². The number of benzene rings is 1. The van der Waals surface area contributed by atoms with Crippen LogP contribution in [0.4, 0.5) is 19.3 Å². The predicted octanol–water partition coefficient (Wildman–Crippen LogP) is 2.37. The topological polar surface area (TPSA) is 47.6 Å². The Kier molecular flexibility index (Phi) is 6.61. The van der Waals surface area contributed by atoms with Gasteiger partial charge in [0, 0.05) is 42.8 Å². The van der Waals surface area contributed by atoms with Crippen molar-refractivity contribution < 1.29 is 13.6 Å². The second-order valence-corrected chi connectivity index (χ2v) is 6.70. The number of urea groups is 1. The van der Waals surface area contributed by atoms with Gasteiger partial charge in [0.2, 0.25) is 0 Å². The molecule has 0 bridgehead atoms. The van der Waals surface area contributed by atoms with Gasteiger partial charge in [-0.3, -0.25) is 4.90 Å². The van der Waals surface area contributed by atoms with E-state index < -0.39 is 5.76 Å². The molecule has 0 aliphatic carbocycles. The number of likely N-dealkylation sites (N-methyl/N-ethyl adjacent to an activating group) is 2.